The maximum Gasteiger partial charge on any atom is 0.119 e. The van der Waals surface area contributed by atoms with Crippen LogP contribution in [0.25, 0.3) is 11.1 Å². The van der Waals surface area contributed by atoms with E-state index in [0.29, 0.717) is 0 Å². The first-order chi connectivity index (χ1) is 13.3. The summed E-state index contributed by atoms with van der Waals surface area (Å²) in [4.78, 5) is 0. The Balaban J connectivity index is 1.67. The van der Waals surface area contributed by atoms with E-state index in [-0.39, 0.29) is 0 Å². The molecule has 134 valence electrons. The molecule has 0 aliphatic heterocycles. The number of aromatic nitrogens is 1. The number of methoxy groups -OCH3 is 1. The topological polar surface area (TPSA) is 26.2 Å². The molecule has 0 aliphatic rings. The molecule has 0 amide bonds. The summed E-state index contributed by atoms with van der Waals surface area (Å²) < 4.78 is 7.48. The SMILES string of the molecule is COc1ccc(Nc2cn(Cc3ccccc3)cc2-c2ccccc2)cc1. The van der Waals surface area contributed by atoms with Gasteiger partial charge in [-0.15, -0.1) is 0 Å². The highest BCUT2D eigenvalue weighted by Crippen LogP contribution is 2.32. The zero-order valence-corrected chi connectivity index (χ0v) is 15.3. The number of ether oxygens (including phenoxy) is 1. The first kappa shape index (κ1) is 17.0. The maximum atomic E-state index is 5.25. The molecule has 0 spiro atoms. The molecule has 3 nitrogen and oxygen atoms in total. The summed E-state index contributed by atoms with van der Waals surface area (Å²) >= 11 is 0. The molecule has 0 saturated carbocycles. The molecular weight excluding hydrogens is 332 g/mol. The highest BCUT2D eigenvalue weighted by Gasteiger charge is 2.10. The smallest absolute Gasteiger partial charge is 0.119 e. The molecule has 3 aromatic carbocycles. The van der Waals surface area contributed by atoms with Crippen LogP contribution in [-0.2, 0) is 6.54 Å². The summed E-state index contributed by atoms with van der Waals surface area (Å²) in [5.41, 5.74) is 5.78. The highest BCUT2D eigenvalue weighted by molar-refractivity contribution is 5.81. The van der Waals surface area contributed by atoms with Gasteiger partial charge in [-0.1, -0.05) is 60.7 Å². The molecule has 3 heteroatoms. The minimum absolute atomic E-state index is 0.838. The van der Waals surface area contributed by atoms with Gasteiger partial charge in [-0.25, -0.2) is 0 Å². The summed E-state index contributed by atoms with van der Waals surface area (Å²) in [6.45, 7) is 0.838. The van der Waals surface area contributed by atoms with Gasteiger partial charge < -0.3 is 14.6 Å². The molecule has 1 N–H and O–H groups in total. The summed E-state index contributed by atoms with van der Waals surface area (Å²) in [7, 11) is 1.68. The lowest BCUT2D eigenvalue weighted by Gasteiger charge is -2.08. The molecule has 0 bridgehead atoms. The number of nitrogens with zero attached hydrogens (tertiary/aromatic N) is 1. The molecule has 0 atom stereocenters. The molecule has 4 rings (SSSR count). The van der Waals surface area contributed by atoms with E-state index in [9.17, 15) is 0 Å². The van der Waals surface area contributed by atoms with Gasteiger partial charge in [-0.05, 0) is 35.4 Å². The zero-order chi connectivity index (χ0) is 18.5. The highest BCUT2D eigenvalue weighted by atomic mass is 16.5. The Morgan fingerprint density at radius 3 is 2.11 bits per heavy atom. The fourth-order valence-electron chi connectivity index (χ4n) is 3.17. The summed E-state index contributed by atoms with van der Waals surface area (Å²) in [6.07, 6.45) is 4.37. The first-order valence-electron chi connectivity index (χ1n) is 9.02. The van der Waals surface area contributed by atoms with Gasteiger partial charge in [0, 0.05) is 30.2 Å². The molecule has 0 radical (unpaired) electrons. The van der Waals surface area contributed by atoms with Crippen molar-refractivity contribution in [1.82, 2.24) is 4.57 Å². The van der Waals surface area contributed by atoms with Crippen LogP contribution in [0.2, 0.25) is 0 Å². The summed E-state index contributed by atoms with van der Waals surface area (Å²) in [6, 6.07) is 29.0. The van der Waals surface area contributed by atoms with Gasteiger partial charge in [0.05, 0.1) is 12.8 Å². The predicted molar refractivity (Wildman–Crippen MR) is 112 cm³/mol. The van der Waals surface area contributed by atoms with Gasteiger partial charge in [-0.2, -0.15) is 0 Å². The average molecular weight is 354 g/mol. The molecule has 0 saturated heterocycles. The lowest BCUT2D eigenvalue weighted by Crippen LogP contribution is -1.96. The van der Waals surface area contributed by atoms with E-state index in [1.807, 2.05) is 36.4 Å². The summed E-state index contributed by atoms with van der Waals surface area (Å²) in [5.74, 6) is 0.852. The van der Waals surface area contributed by atoms with Crippen molar-refractivity contribution in [2.45, 2.75) is 6.54 Å². The van der Waals surface area contributed by atoms with E-state index in [1.54, 1.807) is 7.11 Å². The summed E-state index contributed by atoms with van der Waals surface area (Å²) in [5, 5.41) is 3.55. The van der Waals surface area contributed by atoms with E-state index in [0.717, 1.165) is 23.7 Å². The number of nitrogens with one attached hydrogen (secondary N) is 1. The Labute approximate surface area is 159 Å². The second-order valence-electron chi connectivity index (χ2n) is 6.46. The van der Waals surface area contributed by atoms with Crippen molar-refractivity contribution >= 4 is 11.4 Å². The molecule has 0 aliphatic carbocycles. The normalized spacial score (nSPS) is 10.6. The van der Waals surface area contributed by atoms with Crippen LogP contribution in [0.5, 0.6) is 5.75 Å². The second-order valence-corrected chi connectivity index (χ2v) is 6.46. The van der Waals surface area contributed by atoms with Crippen LogP contribution in [0.15, 0.2) is 97.3 Å². The van der Waals surface area contributed by atoms with Crippen LogP contribution in [0.1, 0.15) is 5.56 Å². The average Bonchev–Trinajstić information content (AvgIpc) is 3.12. The van der Waals surface area contributed by atoms with Gasteiger partial charge in [0.2, 0.25) is 0 Å². The van der Waals surface area contributed by atoms with Gasteiger partial charge >= 0.3 is 0 Å². The maximum absolute atomic E-state index is 5.25. The zero-order valence-electron chi connectivity index (χ0n) is 15.3. The number of hydrogen-bond acceptors (Lipinski definition) is 2. The van der Waals surface area contributed by atoms with Gasteiger partial charge in [0.15, 0.2) is 0 Å². The van der Waals surface area contributed by atoms with Crippen molar-refractivity contribution in [3.63, 3.8) is 0 Å². The van der Waals surface area contributed by atoms with Crippen molar-refractivity contribution in [3.05, 3.63) is 103 Å². The first-order valence-corrected chi connectivity index (χ1v) is 9.02. The fraction of sp³-hybridized carbons (Fsp3) is 0.0833. The molecule has 0 fully saturated rings. The lowest BCUT2D eigenvalue weighted by molar-refractivity contribution is 0.415. The third-order valence-electron chi connectivity index (χ3n) is 4.54. The van der Waals surface area contributed by atoms with Crippen LogP contribution in [-0.4, -0.2) is 11.7 Å². The Hall–Kier alpha value is -3.46. The van der Waals surface area contributed by atoms with Gasteiger partial charge in [-0.3, -0.25) is 0 Å². The van der Waals surface area contributed by atoms with E-state index in [4.69, 9.17) is 4.74 Å². The van der Waals surface area contributed by atoms with Crippen LogP contribution in [0.3, 0.4) is 0 Å². The minimum atomic E-state index is 0.838. The Bertz CT molecular complexity index is 990. The lowest BCUT2D eigenvalue weighted by atomic mass is 10.1. The van der Waals surface area contributed by atoms with Gasteiger partial charge in [0.1, 0.15) is 5.75 Å². The third kappa shape index (κ3) is 4.04. The second kappa shape index (κ2) is 7.83. The van der Waals surface area contributed by atoms with Gasteiger partial charge in [0.25, 0.3) is 0 Å². The Morgan fingerprint density at radius 2 is 1.44 bits per heavy atom. The Kier molecular flexibility index (Phi) is 4.93. The molecule has 1 heterocycles. The fourth-order valence-corrected chi connectivity index (χ4v) is 3.17. The molecule has 0 unspecified atom stereocenters. The molecular formula is C24H22N2O. The van der Waals surface area contributed by atoms with E-state index >= 15 is 0 Å². The van der Waals surface area contributed by atoms with Crippen molar-refractivity contribution in [2.75, 3.05) is 12.4 Å². The monoisotopic (exact) mass is 354 g/mol. The standard InChI is InChI=1S/C24H22N2O/c1-27-22-14-12-21(13-15-22)25-24-18-26(16-19-8-4-2-5-9-19)17-23(24)20-10-6-3-7-11-20/h2-15,17-18,25H,16H2,1H3. The van der Waals surface area contributed by atoms with E-state index < -0.39 is 0 Å². The number of benzene rings is 3. The Morgan fingerprint density at radius 1 is 0.778 bits per heavy atom. The number of rotatable bonds is 6. The van der Waals surface area contributed by atoms with Crippen molar-refractivity contribution in [2.24, 2.45) is 0 Å². The predicted octanol–water partition coefficient (Wildman–Crippen LogP) is 5.96. The van der Waals surface area contributed by atoms with E-state index in [2.05, 4.69) is 70.8 Å². The largest absolute Gasteiger partial charge is 0.497 e. The van der Waals surface area contributed by atoms with Crippen molar-refractivity contribution < 1.29 is 4.74 Å². The number of anilines is 2. The van der Waals surface area contributed by atoms with Crippen molar-refractivity contribution in [3.8, 4) is 16.9 Å². The van der Waals surface area contributed by atoms with Crippen LogP contribution < -0.4 is 10.1 Å². The van der Waals surface area contributed by atoms with Crippen molar-refractivity contribution in [1.29, 1.82) is 0 Å². The molecule has 1 aromatic heterocycles. The quantitative estimate of drug-likeness (QED) is 0.463. The van der Waals surface area contributed by atoms with Crippen LogP contribution >= 0.6 is 0 Å². The van der Waals surface area contributed by atoms with Crippen LogP contribution in [0.4, 0.5) is 11.4 Å². The third-order valence-corrected chi connectivity index (χ3v) is 4.54. The molecule has 27 heavy (non-hydrogen) atoms. The molecule has 4 aromatic rings. The van der Waals surface area contributed by atoms with Crippen LogP contribution in [0, 0.1) is 0 Å². The minimum Gasteiger partial charge on any atom is -0.497 e. The number of hydrogen-bond donors (Lipinski definition) is 1. The van der Waals surface area contributed by atoms with E-state index in [1.165, 1.54) is 16.7 Å².